The molecule has 2 heteroatoms. The molecule has 0 atom stereocenters. The smallest absolute Gasteiger partial charge is 0.143 e. The lowest BCUT2D eigenvalue weighted by Crippen LogP contribution is -2.28. The third-order valence-corrected chi connectivity index (χ3v) is 11.5. The molecule has 2 nitrogen and oxygen atoms in total. The Morgan fingerprint density at radius 2 is 1.30 bits per heavy atom. The first-order valence-electron chi connectivity index (χ1n) is 20.0. The molecule has 56 heavy (non-hydrogen) atoms. The van der Waals surface area contributed by atoms with E-state index in [1.54, 1.807) is 0 Å². The summed E-state index contributed by atoms with van der Waals surface area (Å²) < 4.78 is 12.5. The maximum absolute atomic E-state index is 6.38. The van der Waals surface area contributed by atoms with Gasteiger partial charge in [-0.3, -0.25) is 0 Å². The molecule has 0 bridgehead atoms. The third kappa shape index (κ3) is 6.25. The summed E-state index contributed by atoms with van der Waals surface area (Å²) in [5.74, 6) is 0. The summed E-state index contributed by atoms with van der Waals surface area (Å²) in [4.78, 5) is 0. The number of allylic oxidation sites excluding steroid dienone is 5. The second-order valence-electron chi connectivity index (χ2n) is 15.8. The fourth-order valence-corrected chi connectivity index (χ4v) is 8.71. The molecule has 0 N–H and O–H groups in total. The van der Waals surface area contributed by atoms with Crippen molar-refractivity contribution in [2.45, 2.75) is 73.1 Å². The van der Waals surface area contributed by atoms with E-state index in [0.717, 1.165) is 67.9 Å². The van der Waals surface area contributed by atoms with Gasteiger partial charge in [0.1, 0.15) is 22.3 Å². The largest absolute Gasteiger partial charge is 0.456 e. The lowest BCUT2D eigenvalue weighted by molar-refractivity contribution is 0.579. The van der Waals surface area contributed by atoms with Crippen molar-refractivity contribution in [3.8, 4) is 22.3 Å². The average Bonchev–Trinajstić information content (AvgIpc) is 3.78. The molecule has 2 aliphatic carbocycles. The molecule has 2 heterocycles. The van der Waals surface area contributed by atoms with Gasteiger partial charge in [0.05, 0.1) is 0 Å². The number of hydrogen-bond donors (Lipinski definition) is 0. The van der Waals surface area contributed by atoms with E-state index < -0.39 is 0 Å². The Balaban J connectivity index is 0.000000148. The minimum absolute atomic E-state index is 0.0571. The molecule has 0 amide bonds. The highest BCUT2D eigenvalue weighted by Crippen LogP contribution is 2.50. The van der Waals surface area contributed by atoms with Crippen LogP contribution in [0.4, 0.5) is 0 Å². The molecular formula is C54H50O2. The topological polar surface area (TPSA) is 26.3 Å². The van der Waals surface area contributed by atoms with Crippen LogP contribution in [0.15, 0.2) is 160 Å². The lowest BCUT2D eigenvalue weighted by Gasteiger charge is -2.39. The summed E-state index contributed by atoms with van der Waals surface area (Å²) in [5, 5.41) is 4.61. The van der Waals surface area contributed by atoms with Crippen molar-refractivity contribution in [2.24, 2.45) is 0 Å². The quantitative estimate of drug-likeness (QED) is 0.166. The first kappa shape index (κ1) is 36.9. The maximum atomic E-state index is 6.38. The minimum atomic E-state index is 0.0571. The molecular weight excluding hydrogens is 681 g/mol. The zero-order valence-electron chi connectivity index (χ0n) is 33.8. The summed E-state index contributed by atoms with van der Waals surface area (Å²) in [7, 11) is 0. The minimum Gasteiger partial charge on any atom is -0.456 e. The number of fused-ring (bicyclic) bond motifs is 7. The van der Waals surface area contributed by atoms with Gasteiger partial charge in [0.15, 0.2) is 0 Å². The van der Waals surface area contributed by atoms with E-state index in [1.165, 1.54) is 62.1 Å². The molecule has 0 radical (unpaired) electrons. The lowest BCUT2D eigenvalue weighted by atomic mass is 9.64. The van der Waals surface area contributed by atoms with Gasteiger partial charge in [-0.1, -0.05) is 155 Å². The van der Waals surface area contributed by atoms with Crippen molar-refractivity contribution < 1.29 is 8.83 Å². The second-order valence-corrected chi connectivity index (χ2v) is 15.8. The molecule has 10 rings (SSSR count). The number of furan rings is 2. The van der Waals surface area contributed by atoms with Crippen molar-refractivity contribution in [3.63, 3.8) is 0 Å². The van der Waals surface area contributed by atoms with Crippen LogP contribution in [0, 0.1) is 20.8 Å². The first-order chi connectivity index (χ1) is 27.2. The van der Waals surface area contributed by atoms with Crippen LogP contribution >= 0.6 is 0 Å². The van der Waals surface area contributed by atoms with E-state index in [0.29, 0.717) is 0 Å². The van der Waals surface area contributed by atoms with E-state index >= 15 is 0 Å². The fourth-order valence-electron chi connectivity index (χ4n) is 8.71. The Kier molecular flexibility index (Phi) is 9.79. The zero-order valence-corrected chi connectivity index (χ0v) is 33.8. The Morgan fingerprint density at radius 1 is 0.661 bits per heavy atom. The van der Waals surface area contributed by atoms with Gasteiger partial charge in [-0.2, -0.15) is 0 Å². The number of rotatable bonds is 2. The van der Waals surface area contributed by atoms with Gasteiger partial charge in [-0.05, 0) is 96.8 Å². The van der Waals surface area contributed by atoms with E-state index in [1.807, 2.05) is 24.3 Å². The molecule has 0 spiro atoms. The summed E-state index contributed by atoms with van der Waals surface area (Å²) >= 11 is 0. The number of benzene rings is 6. The predicted molar refractivity (Wildman–Crippen MR) is 239 cm³/mol. The van der Waals surface area contributed by atoms with Gasteiger partial charge in [0.2, 0.25) is 0 Å². The Labute approximate surface area is 331 Å². The van der Waals surface area contributed by atoms with Crippen molar-refractivity contribution in [1.82, 2.24) is 0 Å². The third-order valence-electron chi connectivity index (χ3n) is 11.5. The van der Waals surface area contributed by atoms with Crippen LogP contribution < -0.4 is 0 Å². The normalized spacial score (nSPS) is 14.2. The van der Waals surface area contributed by atoms with Crippen LogP contribution in [-0.2, 0) is 5.41 Å². The maximum Gasteiger partial charge on any atom is 0.143 e. The van der Waals surface area contributed by atoms with E-state index in [4.69, 9.17) is 8.83 Å². The first-order valence-corrected chi connectivity index (χ1v) is 20.0. The Hall–Kier alpha value is -6.08. The SMILES string of the molecule is C=C=C1C2=C(CCC=C2)C(C)(C)c2ccc(-c3ccc(C)cc3)cc21.CCC.Cc1ccc2c(oc3ccccc32)c1-c1c(C)ccc2oc3ccccc3c12. The second kappa shape index (κ2) is 14.9. The van der Waals surface area contributed by atoms with E-state index in [9.17, 15) is 0 Å². The molecule has 6 aromatic carbocycles. The van der Waals surface area contributed by atoms with Crippen molar-refractivity contribution >= 4 is 49.5 Å². The van der Waals surface area contributed by atoms with Crippen LogP contribution in [0.25, 0.3) is 71.7 Å². The highest BCUT2D eigenvalue weighted by molar-refractivity contribution is 6.18. The van der Waals surface area contributed by atoms with Gasteiger partial charge in [-0.25, -0.2) is 0 Å². The van der Waals surface area contributed by atoms with E-state index in [2.05, 4.69) is 164 Å². The highest BCUT2D eigenvalue weighted by Gasteiger charge is 2.36. The number of para-hydroxylation sites is 2. The fraction of sp³-hybridized carbons (Fsp3) is 0.204. The summed E-state index contributed by atoms with van der Waals surface area (Å²) in [6.07, 6.45) is 8.06. The van der Waals surface area contributed by atoms with Crippen LogP contribution in [-0.4, -0.2) is 0 Å². The molecule has 0 saturated heterocycles. The average molecular weight is 731 g/mol. The van der Waals surface area contributed by atoms with Crippen molar-refractivity contribution in [1.29, 1.82) is 0 Å². The van der Waals surface area contributed by atoms with Gasteiger partial charge >= 0.3 is 0 Å². The molecule has 0 aliphatic heterocycles. The van der Waals surface area contributed by atoms with Crippen LogP contribution in [0.3, 0.4) is 0 Å². The molecule has 0 fully saturated rings. The molecule has 0 saturated carbocycles. The summed E-state index contributed by atoms with van der Waals surface area (Å²) in [6.45, 7) is 19.4. The standard InChI is InChI=1S/C26H18O2.C25H24.C3H8/c1-15-12-14-22-25(19-8-4-6-10-21(19)27-22)23(15)24-16(2)11-13-18-17-7-3-5-9-20(17)28-26(18)24;1-5-20-21-8-6-7-9-23(21)25(3,4)24-15-14-19(16-22(20)24)18-12-10-17(2)11-13-18;1-3-2/h3-14H,1-2H3;6,8,10-16H,1,7,9H2,2-4H3;3H2,1-2H3. The predicted octanol–water partition coefficient (Wildman–Crippen LogP) is 16.0. The van der Waals surface area contributed by atoms with Gasteiger partial charge < -0.3 is 8.83 Å². The van der Waals surface area contributed by atoms with Crippen LogP contribution in [0.1, 0.15) is 74.8 Å². The molecule has 8 aromatic rings. The highest BCUT2D eigenvalue weighted by atomic mass is 16.3. The van der Waals surface area contributed by atoms with Crippen molar-refractivity contribution in [2.75, 3.05) is 0 Å². The molecule has 0 unspecified atom stereocenters. The zero-order chi connectivity index (χ0) is 39.1. The monoisotopic (exact) mass is 730 g/mol. The molecule has 2 aliphatic rings. The molecule has 278 valence electrons. The summed E-state index contributed by atoms with van der Waals surface area (Å²) in [5.41, 5.74) is 22.3. The Morgan fingerprint density at radius 3 is 2.04 bits per heavy atom. The van der Waals surface area contributed by atoms with Gasteiger partial charge in [0, 0.05) is 43.7 Å². The van der Waals surface area contributed by atoms with Gasteiger partial charge in [0.25, 0.3) is 0 Å². The number of aryl methyl sites for hydroxylation is 3. The summed E-state index contributed by atoms with van der Waals surface area (Å²) in [6, 6.07) is 40.7. The van der Waals surface area contributed by atoms with Gasteiger partial charge in [-0.15, -0.1) is 5.73 Å². The van der Waals surface area contributed by atoms with Crippen LogP contribution in [0.5, 0.6) is 0 Å². The van der Waals surface area contributed by atoms with Crippen LogP contribution in [0.2, 0.25) is 0 Å². The Bertz CT molecular complexity index is 2890. The van der Waals surface area contributed by atoms with E-state index in [-0.39, 0.29) is 5.41 Å². The van der Waals surface area contributed by atoms with Crippen molar-refractivity contribution in [3.05, 3.63) is 179 Å². The number of hydrogen-bond acceptors (Lipinski definition) is 2. The molecule has 2 aromatic heterocycles.